The molecule has 2 heterocycles. The van der Waals surface area contributed by atoms with E-state index in [4.69, 9.17) is 11.6 Å². The molecule has 0 N–H and O–H groups in total. The summed E-state index contributed by atoms with van der Waals surface area (Å²) in [7, 11) is 1.95. The molecular formula is C14H10ClN3O. The molecule has 1 aromatic carbocycles. The predicted molar refractivity (Wildman–Crippen MR) is 74.3 cm³/mol. The molecule has 3 aromatic rings. The molecule has 4 nitrogen and oxygen atoms in total. The Morgan fingerprint density at radius 1 is 1.32 bits per heavy atom. The molecule has 0 amide bonds. The highest BCUT2D eigenvalue weighted by atomic mass is 35.5. The number of benzene rings is 1. The van der Waals surface area contributed by atoms with E-state index in [1.165, 1.54) is 6.20 Å². The molecule has 0 aliphatic heterocycles. The molecule has 19 heavy (non-hydrogen) atoms. The molecule has 0 radical (unpaired) electrons. The van der Waals surface area contributed by atoms with E-state index in [-0.39, 0.29) is 5.28 Å². The summed E-state index contributed by atoms with van der Waals surface area (Å²) in [5.41, 5.74) is 2.95. The number of hydrogen-bond donors (Lipinski definition) is 0. The van der Waals surface area contributed by atoms with Gasteiger partial charge in [-0.05, 0) is 17.7 Å². The van der Waals surface area contributed by atoms with Gasteiger partial charge in [0.15, 0.2) is 6.29 Å². The molecule has 3 rings (SSSR count). The van der Waals surface area contributed by atoms with Gasteiger partial charge in [0.05, 0.1) is 11.3 Å². The normalized spacial score (nSPS) is 10.8. The molecule has 5 heteroatoms. The van der Waals surface area contributed by atoms with Gasteiger partial charge in [0.2, 0.25) is 5.28 Å². The van der Waals surface area contributed by atoms with Gasteiger partial charge in [-0.25, -0.2) is 9.97 Å². The van der Waals surface area contributed by atoms with Crippen molar-refractivity contribution in [2.75, 3.05) is 0 Å². The van der Waals surface area contributed by atoms with Crippen molar-refractivity contribution in [1.82, 2.24) is 14.5 Å². The summed E-state index contributed by atoms with van der Waals surface area (Å²) in [6.07, 6.45) is 4.13. The van der Waals surface area contributed by atoms with Crippen LogP contribution in [0.5, 0.6) is 0 Å². The number of halogens is 1. The second-order valence-corrected chi connectivity index (χ2v) is 4.57. The average molecular weight is 272 g/mol. The van der Waals surface area contributed by atoms with Crippen molar-refractivity contribution in [1.29, 1.82) is 0 Å². The van der Waals surface area contributed by atoms with E-state index >= 15 is 0 Å². The van der Waals surface area contributed by atoms with Crippen molar-refractivity contribution in [2.45, 2.75) is 0 Å². The second kappa shape index (κ2) is 4.48. The van der Waals surface area contributed by atoms with E-state index in [9.17, 15) is 4.79 Å². The van der Waals surface area contributed by atoms with Crippen LogP contribution in [0.15, 0.2) is 36.7 Å². The van der Waals surface area contributed by atoms with Crippen molar-refractivity contribution in [3.8, 4) is 11.3 Å². The van der Waals surface area contributed by atoms with Gasteiger partial charge in [-0.15, -0.1) is 0 Å². The van der Waals surface area contributed by atoms with E-state index in [0.717, 1.165) is 22.8 Å². The third-order valence-corrected chi connectivity index (χ3v) is 3.25. The number of aryl methyl sites for hydroxylation is 1. The van der Waals surface area contributed by atoms with Crippen LogP contribution < -0.4 is 0 Å². The number of carbonyl (C=O) groups excluding carboxylic acids is 1. The molecule has 0 fully saturated rings. The minimum absolute atomic E-state index is 0.133. The van der Waals surface area contributed by atoms with Crippen molar-refractivity contribution in [3.05, 3.63) is 47.5 Å². The number of fused-ring (bicyclic) bond motifs is 1. The highest BCUT2D eigenvalue weighted by Gasteiger charge is 2.14. The first-order chi connectivity index (χ1) is 9.20. The molecule has 0 aliphatic carbocycles. The van der Waals surface area contributed by atoms with Crippen LogP contribution in [-0.2, 0) is 7.05 Å². The average Bonchev–Trinajstić information content (AvgIpc) is 2.77. The summed E-state index contributed by atoms with van der Waals surface area (Å²) in [5, 5.41) is 1.16. The topological polar surface area (TPSA) is 47.8 Å². The molecule has 2 aromatic heterocycles. The number of nitrogens with zero attached hydrogens (tertiary/aromatic N) is 3. The quantitative estimate of drug-likeness (QED) is 0.531. The van der Waals surface area contributed by atoms with Gasteiger partial charge in [-0.2, -0.15) is 0 Å². The van der Waals surface area contributed by atoms with E-state index in [0.29, 0.717) is 11.3 Å². The Balaban J connectivity index is 2.36. The zero-order valence-corrected chi connectivity index (χ0v) is 10.9. The van der Waals surface area contributed by atoms with E-state index in [1.54, 1.807) is 0 Å². The van der Waals surface area contributed by atoms with Crippen molar-refractivity contribution >= 4 is 28.8 Å². The molecule has 0 saturated heterocycles. The standard InChI is InChI=1S/C14H10ClN3O/c1-18-7-11(10-4-2-3-5-12(10)18)13-9(8-19)6-16-14(15)17-13/h2-8H,1H3. The molecule has 0 saturated carbocycles. The Bertz CT molecular complexity index is 779. The molecule has 0 atom stereocenters. The Labute approximate surface area is 114 Å². The Morgan fingerprint density at radius 3 is 2.89 bits per heavy atom. The number of aromatic nitrogens is 3. The van der Waals surface area contributed by atoms with Crippen LogP contribution in [0.2, 0.25) is 5.28 Å². The van der Waals surface area contributed by atoms with E-state index in [1.807, 2.05) is 42.1 Å². The summed E-state index contributed by atoms with van der Waals surface area (Å²) in [6.45, 7) is 0. The van der Waals surface area contributed by atoms with Gasteiger partial charge in [-0.1, -0.05) is 18.2 Å². The first-order valence-electron chi connectivity index (χ1n) is 5.73. The van der Waals surface area contributed by atoms with Gasteiger partial charge in [0, 0.05) is 35.9 Å². The summed E-state index contributed by atoms with van der Waals surface area (Å²) < 4.78 is 2.00. The van der Waals surface area contributed by atoms with Gasteiger partial charge < -0.3 is 4.57 Å². The van der Waals surface area contributed by atoms with Gasteiger partial charge in [0.25, 0.3) is 0 Å². The van der Waals surface area contributed by atoms with Gasteiger partial charge in [0.1, 0.15) is 0 Å². The lowest BCUT2D eigenvalue weighted by molar-refractivity contribution is 0.112. The molecule has 0 spiro atoms. The smallest absolute Gasteiger partial charge is 0.222 e. The molecule has 0 unspecified atom stereocenters. The lowest BCUT2D eigenvalue weighted by atomic mass is 10.1. The number of aldehydes is 1. The lowest BCUT2D eigenvalue weighted by Crippen LogP contribution is -1.94. The molecule has 0 aliphatic rings. The zero-order chi connectivity index (χ0) is 13.4. The Morgan fingerprint density at radius 2 is 2.11 bits per heavy atom. The maximum absolute atomic E-state index is 11.1. The van der Waals surface area contributed by atoms with Gasteiger partial charge in [-0.3, -0.25) is 4.79 Å². The van der Waals surface area contributed by atoms with Crippen molar-refractivity contribution in [2.24, 2.45) is 7.05 Å². The highest BCUT2D eigenvalue weighted by molar-refractivity contribution is 6.28. The second-order valence-electron chi connectivity index (χ2n) is 4.23. The first kappa shape index (κ1) is 11.9. The fourth-order valence-electron chi connectivity index (χ4n) is 2.20. The van der Waals surface area contributed by atoms with Crippen LogP contribution in [-0.4, -0.2) is 20.8 Å². The SMILES string of the molecule is Cn1cc(-c2nc(Cl)ncc2C=O)c2ccccc21. The molecule has 94 valence electrons. The predicted octanol–water partition coefficient (Wildman–Crippen LogP) is 3.10. The monoisotopic (exact) mass is 271 g/mol. The third-order valence-electron chi connectivity index (χ3n) is 3.07. The van der Waals surface area contributed by atoms with Crippen LogP contribution in [0.4, 0.5) is 0 Å². The maximum Gasteiger partial charge on any atom is 0.222 e. The van der Waals surface area contributed by atoms with Crippen LogP contribution in [0, 0.1) is 0 Å². The fraction of sp³-hybridized carbons (Fsp3) is 0.0714. The van der Waals surface area contributed by atoms with Crippen molar-refractivity contribution < 1.29 is 4.79 Å². The summed E-state index contributed by atoms with van der Waals surface area (Å²) in [4.78, 5) is 19.2. The highest BCUT2D eigenvalue weighted by Crippen LogP contribution is 2.30. The third kappa shape index (κ3) is 1.90. The van der Waals surface area contributed by atoms with Crippen LogP contribution in [0.1, 0.15) is 10.4 Å². The van der Waals surface area contributed by atoms with E-state index in [2.05, 4.69) is 9.97 Å². The number of para-hydroxylation sites is 1. The lowest BCUT2D eigenvalue weighted by Gasteiger charge is -2.02. The van der Waals surface area contributed by atoms with E-state index < -0.39 is 0 Å². The maximum atomic E-state index is 11.1. The van der Waals surface area contributed by atoms with Crippen LogP contribution >= 0.6 is 11.6 Å². The number of rotatable bonds is 2. The summed E-state index contributed by atoms with van der Waals surface area (Å²) in [5.74, 6) is 0. The van der Waals surface area contributed by atoms with Crippen LogP contribution in [0.25, 0.3) is 22.2 Å². The molecule has 0 bridgehead atoms. The first-order valence-corrected chi connectivity index (χ1v) is 6.10. The minimum Gasteiger partial charge on any atom is -0.350 e. The Kier molecular flexibility index (Phi) is 2.80. The number of hydrogen-bond acceptors (Lipinski definition) is 3. The van der Waals surface area contributed by atoms with Crippen LogP contribution in [0.3, 0.4) is 0 Å². The summed E-state index contributed by atoms with van der Waals surface area (Å²) >= 11 is 5.84. The van der Waals surface area contributed by atoms with Gasteiger partial charge >= 0.3 is 0 Å². The minimum atomic E-state index is 0.133. The Hall–Kier alpha value is -2.20. The molecular weight excluding hydrogens is 262 g/mol. The van der Waals surface area contributed by atoms with Crippen molar-refractivity contribution in [3.63, 3.8) is 0 Å². The largest absolute Gasteiger partial charge is 0.350 e. The fourth-order valence-corrected chi connectivity index (χ4v) is 2.34. The summed E-state index contributed by atoms with van der Waals surface area (Å²) in [6, 6.07) is 7.94. The number of carbonyl (C=O) groups is 1. The zero-order valence-electron chi connectivity index (χ0n) is 10.2.